The second-order valence-electron chi connectivity index (χ2n) is 5.30. The molecule has 2 rings (SSSR count). The van der Waals surface area contributed by atoms with E-state index in [9.17, 15) is 4.79 Å². The minimum absolute atomic E-state index is 0.308. The van der Waals surface area contributed by atoms with E-state index in [1.807, 2.05) is 0 Å². The zero-order valence-electron chi connectivity index (χ0n) is 14.8. The molecule has 0 fully saturated rings. The highest BCUT2D eigenvalue weighted by Crippen LogP contribution is 2.32. The van der Waals surface area contributed by atoms with Gasteiger partial charge >= 0.3 is 0 Å². The van der Waals surface area contributed by atoms with Crippen LogP contribution in [0.4, 0.5) is 0 Å². The minimum Gasteiger partial charge on any atom is -0.493 e. The van der Waals surface area contributed by atoms with Gasteiger partial charge in [-0.3, -0.25) is 4.79 Å². The van der Waals surface area contributed by atoms with Crippen molar-refractivity contribution in [2.24, 2.45) is 5.10 Å². The zero-order valence-corrected chi connectivity index (χ0v) is 17.0. The number of halogens is 3. The summed E-state index contributed by atoms with van der Waals surface area (Å²) in [5.74, 6) is 0.860. The molecular weight excluding hydrogens is 415 g/mol. The first-order chi connectivity index (χ1) is 12.8. The lowest BCUT2D eigenvalue weighted by atomic mass is 10.2. The Bertz CT molecular complexity index is 859. The fourth-order valence-electron chi connectivity index (χ4n) is 2.04. The van der Waals surface area contributed by atoms with Crippen LogP contribution < -0.4 is 19.6 Å². The van der Waals surface area contributed by atoms with Gasteiger partial charge in [0.1, 0.15) is 5.75 Å². The first kappa shape index (κ1) is 21.2. The molecule has 1 N–H and O–H groups in total. The number of carbonyl (C=O) groups excluding carboxylic acids is 1. The van der Waals surface area contributed by atoms with Crippen molar-refractivity contribution in [2.45, 2.75) is 13.0 Å². The largest absolute Gasteiger partial charge is 0.493 e. The summed E-state index contributed by atoms with van der Waals surface area (Å²) >= 11 is 18.0. The van der Waals surface area contributed by atoms with Gasteiger partial charge in [0, 0.05) is 16.7 Å². The molecule has 2 aromatic rings. The van der Waals surface area contributed by atoms with Crippen LogP contribution in [0.15, 0.2) is 35.4 Å². The molecule has 144 valence electrons. The van der Waals surface area contributed by atoms with Gasteiger partial charge in [-0.1, -0.05) is 34.8 Å². The van der Waals surface area contributed by atoms with Crippen molar-refractivity contribution in [1.82, 2.24) is 5.43 Å². The lowest BCUT2D eigenvalue weighted by Crippen LogP contribution is -2.33. The van der Waals surface area contributed by atoms with Crippen molar-refractivity contribution in [1.29, 1.82) is 0 Å². The molecule has 0 aliphatic carbocycles. The van der Waals surface area contributed by atoms with Gasteiger partial charge in [0.25, 0.3) is 5.91 Å². The maximum Gasteiger partial charge on any atom is 0.280 e. The van der Waals surface area contributed by atoms with Gasteiger partial charge in [-0.2, -0.15) is 5.10 Å². The summed E-state index contributed by atoms with van der Waals surface area (Å²) in [7, 11) is 3.02. The van der Waals surface area contributed by atoms with Crippen molar-refractivity contribution in [3.63, 3.8) is 0 Å². The first-order valence-electron chi connectivity index (χ1n) is 7.71. The average molecular weight is 432 g/mol. The second kappa shape index (κ2) is 9.69. The van der Waals surface area contributed by atoms with Gasteiger partial charge in [-0.25, -0.2) is 5.43 Å². The normalized spacial score (nSPS) is 11.9. The van der Waals surface area contributed by atoms with Crippen molar-refractivity contribution in [3.8, 4) is 17.2 Å². The third-order valence-corrected chi connectivity index (χ3v) is 4.31. The Morgan fingerprint density at radius 1 is 1.04 bits per heavy atom. The van der Waals surface area contributed by atoms with Gasteiger partial charge in [-0.05, 0) is 31.2 Å². The molecule has 27 heavy (non-hydrogen) atoms. The number of hydrazone groups is 1. The predicted octanol–water partition coefficient (Wildman–Crippen LogP) is 4.58. The van der Waals surface area contributed by atoms with E-state index in [4.69, 9.17) is 49.0 Å². The number of rotatable bonds is 7. The molecule has 0 aliphatic heterocycles. The monoisotopic (exact) mass is 430 g/mol. The van der Waals surface area contributed by atoms with Gasteiger partial charge in [-0.15, -0.1) is 0 Å². The molecule has 0 radical (unpaired) electrons. The first-order valence-corrected chi connectivity index (χ1v) is 8.85. The Kier molecular flexibility index (Phi) is 7.59. The molecule has 0 aromatic heterocycles. The van der Waals surface area contributed by atoms with Crippen LogP contribution in [0.5, 0.6) is 17.2 Å². The average Bonchev–Trinajstić information content (AvgIpc) is 2.64. The molecule has 1 atom stereocenters. The van der Waals surface area contributed by atoms with Crippen molar-refractivity contribution in [2.75, 3.05) is 14.2 Å². The summed E-state index contributed by atoms with van der Waals surface area (Å²) in [5, 5.41) is 5.07. The van der Waals surface area contributed by atoms with E-state index < -0.39 is 12.0 Å². The highest BCUT2D eigenvalue weighted by Gasteiger charge is 2.16. The van der Waals surface area contributed by atoms with E-state index in [1.165, 1.54) is 26.5 Å². The summed E-state index contributed by atoms with van der Waals surface area (Å²) in [6.07, 6.45) is 0.561. The molecule has 9 heteroatoms. The number of benzene rings is 2. The summed E-state index contributed by atoms with van der Waals surface area (Å²) < 4.78 is 15.9. The van der Waals surface area contributed by atoms with E-state index >= 15 is 0 Å². The Morgan fingerprint density at radius 2 is 1.70 bits per heavy atom. The molecule has 0 heterocycles. The number of nitrogens with zero attached hydrogens (tertiary/aromatic N) is 1. The lowest BCUT2D eigenvalue weighted by molar-refractivity contribution is -0.127. The van der Waals surface area contributed by atoms with Gasteiger partial charge in [0.2, 0.25) is 0 Å². The highest BCUT2D eigenvalue weighted by molar-refractivity contribution is 6.35. The van der Waals surface area contributed by atoms with Crippen LogP contribution in [0.2, 0.25) is 15.1 Å². The molecule has 0 bridgehead atoms. The van der Waals surface area contributed by atoms with Crippen molar-refractivity contribution < 1.29 is 19.0 Å². The van der Waals surface area contributed by atoms with E-state index in [-0.39, 0.29) is 0 Å². The molecule has 2 aromatic carbocycles. The number of nitrogens with one attached hydrogen (secondary N) is 1. The van der Waals surface area contributed by atoms with Crippen LogP contribution in [0.1, 0.15) is 12.5 Å². The Balaban J connectivity index is 2.02. The highest BCUT2D eigenvalue weighted by atomic mass is 35.5. The molecule has 0 aliphatic rings. The van der Waals surface area contributed by atoms with Crippen LogP contribution in [-0.2, 0) is 4.79 Å². The van der Waals surface area contributed by atoms with Crippen molar-refractivity contribution >= 4 is 46.9 Å². The Labute approximate surface area is 172 Å². The molecule has 6 nitrogen and oxygen atoms in total. The van der Waals surface area contributed by atoms with Gasteiger partial charge < -0.3 is 14.2 Å². The van der Waals surface area contributed by atoms with Crippen molar-refractivity contribution in [3.05, 3.63) is 51.0 Å². The fourth-order valence-corrected chi connectivity index (χ4v) is 2.70. The van der Waals surface area contributed by atoms with Crippen LogP contribution in [0.3, 0.4) is 0 Å². The Hall–Kier alpha value is -2.15. The SMILES string of the molecule is COc1cc(Cl)c(/C=N/NC(=O)C(C)Oc2ccc(Cl)cc2Cl)cc1OC. The van der Waals surface area contributed by atoms with E-state index in [1.54, 1.807) is 31.2 Å². The number of carbonyl (C=O) groups is 1. The number of ether oxygens (including phenoxy) is 3. The quantitative estimate of drug-likeness (QED) is 0.514. The summed E-state index contributed by atoms with van der Waals surface area (Å²) in [4.78, 5) is 12.1. The Morgan fingerprint density at radius 3 is 2.33 bits per heavy atom. The molecule has 0 saturated carbocycles. The summed E-state index contributed by atoms with van der Waals surface area (Å²) in [6.45, 7) is 1.57. The molecule has 1 amide bonds. The van der Waals surface area contributed by atoms with E-state index in [0.29, 0.717) is 37.9 Å². The number of methoxy groups -OCH3 is 2. The van der Waals surface area contributed by atoms with Crippen LogP contribution >= 0.6 is 34.8 Å². The van der Waals surface area contributed by atoms with Gasteiger partial charge in [0.05, 0.1) is 30.5 Å². The van der Waals surface area contributed by atoms with E-state index in [0.717, 1.165) is 0 Å². The minimum atomic E-state index is -0.832. The third kappa shape index (κ3) is 5.66. The standard InChI is InChI=1S/C18H17Cl3N2O4/c1-10(27-15-5-4-12(19)7-14(15)21)18(24)23-22-9-11-6-16(25-2)17(26-3)8-13(11)20/h4-10H,1-3H3,(H,23,24)/b22-9+. The van der Waals surface area contributed by atoms with E-state index in [2.05, 4.69) is 10.5 Å². The summed E-state index contributed by atoms with van der Waals surface area (Å²) in [6, 6.07) is 7.97. The maximum absolute atomic E-state index is 12.1. The van der Waals surface area contributed by atoms with Crippen LogP contribution in [-0.4, -0.2) is 32.4 Å². The fraction of sp³-hybridized carbons (Fsp3) is 0.222. The smallest absolute Gasteiger partial charge is 0.280 e. The van der Waals surface area contributed by atoms with Crippen LogP contribution in [0, 0.1) is 0 Å². The van der Waals surface area contributed by atoms with Crippen LogP contribution in [0.25, 0.3) is 0 Å². The third-order valence-electron chi connectivity index (χ3n) is 3.45. The second-order valence-corrected chi connectivity index (χ2v) is 6.55. The molecule has 1 unspecified atom stereocenters. The summed E-state index contributed by atoms with van der Waals surface area (Å²) in [5.41, 5.74) is 2.93. The number of hydrogen-bond acceptors (Lipinski definition) is 5. The molecular formula is C18H17Cl3N2O4. The lowest BCUT2D eigenvalue weighted by Gasteiger charge is -2.14. The molecule has 0 spiro atoms. The number of amides is 1. The number of hydrogen-bond donors (Lipinski definition) is 1. The predicted molar refractivity (Wildman–Crippen MR) is 107 cm³/mol. The van der Waals surface area contributed by atoms with Gasteiger partial charge in [0.15, 0.2) is 17.6 Å². The topological polar surface area (TPSA) is 69.2 Å². The maximum atomic E-state index is 12.1. The zero-order chi connectivity index (χ0) is 20.0. The molecule has 0 saturated heterocycles.